The monoisotopic (exact) mass is 352 g/mol. The molecule has 0 radical (unpaired) electrons. The van der Waals surface area contributed by atoms with Gasteiger partial charge in [-0.15, -0.1) is 0 Å². The smallest absolute Gasteiger partial charge is 0.169 e. The van der Waals surface area contributed by atoms with Crippen LogP contribution in [0.2, 0.25) is 0 Å². The first-order valence-electron chi connectivity index (χ1n) is 8.02. The Morgan fingerprint density at radius 1 is 1.12 bits per heavy atom. The molecular weight excluding hydrogens is 335 g/mol. The van der Waals surface area contributed by atoms with Crippen LogP contribution in [0.3, 0.4) is 0 Å². The number of thiocarbonyl (C=S) groups is 1. The predicted molar refractivity (Wildman–Crippen MR) is 98.9 cm³/mol. The van der Waals surface area contributed by atoms with E-state index in [4.69, 9.17) is 12.2 Å². The lowest BCUT2D eigenvalue weighted by Gasteiger charge is -2.25. The minimum Gasteiger partial charge on any atom is -0.352 e. The van der Waals surface area contributed by atoms with E-state index in [9.17, 15) is 4.39 Å². The summed E-state index contributed by atoms with van der Waals surface area (Å²) in [5.74, 6) is -0.258. The van der Waals surface area contributed by atoms with Gasteiger partial charge in [0.25, 0.3) is 0 Å². The van der Waals surface area contributed by atoms with Gasteiger partial charge in [-0.1, -0.05) is 12.1 Å². The van der Waals surface area contributed by atoms with Gasteiger partial charge in [0.05, 0.1) is 17.8 Å². The van der Waals surface area contributed by atoms with E-state index >= 15 is 0 Å². The fourth-order valence-corrected chi connectivity index (χ4v) is 3.57. The van der Waals surface area contributed by atoms with Gasteiger partial charge in [-0.3, -0.25) is 4.98 Å². The number of pyridine rings is 1. The molecule has 1 saturated heterocycles. The number of benzene rings is 1. The summed E-state index contributed by atoms with van der Waals surface area (Å²) in [6.45, 7) is 0. The summed E-state index contributed by atoms with van der Waals surface area (Å²) in [5.41, 5.74) is 2.73. The summed E-state index contributed by atoms with van der Waals surface area (Å²) in [4.78, 5) is 6.52. The molecule has 126 valence electrons. The van der Waals surface area contributed by atoms with E-state index in [2.05, 4.69) is 10.3 Å². The molecule has 2 aromatic heterocycles. The van der Waals surface area contributed by atoms with Crippen LogP contribution >= 0.6 is 12.2 Å². The van der Waals surface area contributed by atoms with E-state index in [0.29, 0.717) is 5.11 Å². The molecule has 4 nitrogen and oxygen atoms in total. The van der Waals surface area contributed by atoms with Crippen molar-refractivity contribution in [2.75, 3.05) is 7.05 Å². The Morgan fingerprint density at radius 2 is 2.00 bits per heavy atom. The lowest BCUT2D eigenvalue weighted by atomic mass is 10.0. The molecule has 0 amide bonds. The maximum absolute atomic E-state index is 13.7. The van der Waals surface area contributed by atoms with Crippen LogP contribution in [-0.4, -0.2) is 26.6 Å². The minimum absolute atomic E-state index is 0.0410. The first kappa shape index (κ1) is 15.8. The first-order chi connectivity index (χ1) is 12.1. The van der Waals surface area contributed by atoms with Crippen molar-refractivity contribution in [3.63, 3.8) is 0 Å². The van der Waals surface area contributed by atoms with Gasteiger partial charge in [0.1, 0.15) is 5.82 Å². The molecule has 1 aliphatic heterocycles. The zero-order valence-corrected chi connectivity index (χ0v) is 14.4. The second-order valence-corrected chi connectivity index (χ2v) is 6.41. The number of hydrogen-bond acceptors (Lipinski definition) is 2. The molecular formula is C19H17FN4S. The lowest BCUT2D eigenvalue weighted by Crippen LogP contribution is -2.25. The van der Waals surface area contributed by atoms with E-state index < -0.39 is 0 Å². The van der Waals surface area contributed by atoms with Gasteiger partial charge in [0.2, 0.25) is 0 Å². The molecule has 1 aromatic carbocycles. The molecule has 3 aromatic rings. The zero-order valence-electron chi connectivity index (χ0n) is 13.6. The van der Waals surface area contributed by atoms with Crippen LogP contribution in [-0.2, 0) is 0 Å². The van der Waals surface area contributed by atoms with Crippen molar-refractivity contribution in [3.05, 3.63) is 84.2 Å². The van der Waals surface area contributed by atoms with Crippen molar-refractivity contribution in [1.82, 2.24) is 19.8 Å². The highest BCUT2D eigenvalue weighted by atomic mass is 32.1. The molecule has 6 heteroatoms. The molecule has 2 atom stereocenters. The summed E-state index contributed by atoms with van der Waals surface area (Å²) in [7, 11) is 1.96. The second-order valence-electron chi connectivity index (χ2n) is 6.02. The van der Waals surface area contributed by atoms with E-state index in [0.717, 1.165) is 17.1 Å². The van der Waals surface area contributed by atoms with Crippen LogP contribution in [0.1, 0.15) is 23.5 Å². The molecule has 0 spiro atoms. The quantitative estimate of drug-likeness (QED) is 0.730. The van der Waals surface area contributed by atoms with Crippen molar-refractivity contribution in [3.8, 4) is 5.69 Å². The Bertz CT molecular complexity index is 909. The zero-order chi connectivity index (χ0) is 17.4. The molecule has 1 N–H and O–H groups in total. The van der Waals surface area contributed by atoms with E-state index in [1.54, 1.807) is 12.3 Å². The Kier molecular flexibility index (Phi) is 3.97. The Labute approximate surface area is 150 Å². The highest BCUT2D eigenvalue weighted by Crippen LogP contribution is 2.38. The molecule has 1 aliphatic rings. The van der Waals surface area contributed by atoms with Gasteiger partial charge in [-0.2, -0.15) is 0 Å². The van der Waals surface area contributed by atoms with Crippen molar-refractivity contribution in [2.45, 2.75) is 12.1 Å². The Hall–Kier alpha value is -2.73. The van der Waals surface area contributed by atoms with Crippen LogP contribution in [0, 0.1) is 5.82 Å². The number of rotatable bonds is 3. The van der Waals surface area contributed by atoms with Gasteiger partial charge in [0.15, 0.2) is 5.11 Å². The fourth-order valence-electron chi connectivity index (χ4n) is 3.32. The highest BCUT2D eigenvalue weighted by molar-refractivity contribution is 7.80. The largest absolute Gasteiger partial charge is 0.352 e. The van der Waals surface area contributed by atoms with E-state index in [1.807, 2.05) is 59.1 Å². The van der Waals surface area contributed by atoms with Crippen molar-refractivity contribution >= 4 is 17.3 Å². The van der Waals surface area contributed by atoms with E-state index in [1.165, 1.54) is 12.1 Å². The van der Waals surface area contributed by atoms with Gasteiger partial charge >= 0.3 is 0 Å². The van der Waals surface area contributed by atoms with Crippen LogP contribution in [0.5, 0.6) is 0 Å². The summed E-state index contributed by atoms with van der Waals surface area (Å²) in [6.07, 6.45) is 3.72. The minimum atomic E-state index is -0.258. The van der Waals surface area contributed by atoms with Gasteiger partial charge < -0.3 is 14.8 Å². The average molecular weight is 352 g/mol. The number of likely N-dealkylation sites (N-methyl/N-ethyl adjacent to an activating group) is 1. The molecule has 0 saturated carbocycles. The number of nitrogens with zero attached hydrogens (tertiary/aromatic N) is 3. The molecule has 4 rings (SSSR count). The molecule has 0 unspecified atom stereocenters. The van der Waals surface area contributed by atoms with E-state index in [-0.39, 0.29) is 17.9 Å². The lowest BCUT2D eigenvalue weighted by molar-refractivity contribution is 0.357. The Morgan fingerprint density at radius 3 is 2.76 bits per heavy atom. The summed E-state index contributed by atoms with van der Waals surface area (Å²) in [5, 5.41) is 4.03. The van der Waals surface area contributed by atoms with Crippen molar-refractivity contribution in [1.29, 1.82) is 0 Å². The third-order valence-corrected chi connectivity index (χ3v) is 4.91. The summed E-state index contributed by atoms with van der Waals surface area (Å²) in [6, 6.07) is 16.3. The third kappa shape index (κ3) is 2.78. The SMILES string of the molecule is CN1C(=S)N[C@H](c2ccccn2)[C@@H]1c1cccn1-c1cccc(F)c1. The van der Waals surface area contributed by atoms with Crippen LogP contribution in [0.4, 0.5) is 4.39 Å². The fraction of sp³-hybridized carbons (Fsp3) is 0.158. The topological polar surface area (TPSA) is 33.1 Å². The summed E-state index contributed by atoms with van der Waals surface area (Å²) < 4.78 is 15.7. The first-order valence-corrected chi connectivity index (χ1v) is 8.43. The van der Waals surface area contributed by atoms with Gasteiger partial charge in [-0.05, 0) is 54.7 Å². The predicted octanol–water partition coefficient (Wildman–Crippen LogP) is 3.61. The Balaban J connectivity index is 1.80. The second kappa shape index (κ2) is 6.29. The van der Waals surface area contributed by atoms with Crippen LogP contribution in [0.15, 0.2) is 67.0 Å². The van der Waals surface area contributed by atoms with Gasteiger partial charge in [0, 0.05) is 30.8 Å². The molecule has 1 fully saturated rings. The normalized spacial score (nSPS) is 19.9. The summed E-state index contributed by atoms with van der Waals surface area (Å²) >= 11 is 5.47. The van der Waals surface area contributed by atoms with Gasteiger partial charge in [-0.25, -0.2) is 4.39 Å². The molecule has 0 aliphatic carbocycles. The maximum atomic E-state index is 13.7. The maximum Gasteiger partial charge on any atom is 0.169 e. The van der Waals surface area contributed by atoms with Crippen LogP contribution < -0.4 is 5.32 Å². The standard InChI is InChI=1S/C19H17FN4S/c1-23-18(17(22-19(23)25)15-8-2-3-10-21-15)16-9-5-11-24(16)14-7-4-6-13(20)12-14/h2-12,17-18H,1H3,(H,22,25)/t17-,18+/m1/s1. The number of hydrogen-bond donors (Lipinski definition) is 1. The van der Waals surface area contributed by atoms with Crippen molar-refractivity contribution < 1.29 is 4.39 Å². The number of aromatic nitrogens is 2. The van der Waals surface area contributed by atoms with Crippen molar-refractivity contribution in [2.24, 2.45) is 0 Å². The third-order valence-electron chi connectivity index (χ3n) is 4.51. The number of halogens is 1. The molecule has 3 heterocycles. The van der Waals surface area contributed by atoms with Crippen LogP contribution in [0.25, 0.3) is 5.69 Å². The highest BCUT2D eigenvalue weighted by Gasteiger charge is 2.39. The number of nitrogens with one attached hydrogen (secondary N) is 1. The molecule has 25 heavy (non-hydrogen) atoms. The average Bonchev–Trinajstić information content (AvgIpc) is 3.21. The molecule has 0 bridgehead atoms.